The van der Waals surface area contributed by atoms with Gasteiger partial charge in [-0.05, 0) is 31.2 Å². The zero-order valence-corrected chi connectivity index (χ0v) is 10.8. The van der Waals surface area contributed by atoms with Gasteiger partial charge in [0.1, 0.15) is 0 Å². The van der Waals surface area contributed by atoms with Gasteiger partial charge in [-0.2, -0.15) is 0 Å². The largest absolute Gasteiger partial charge is 0.338 e. The fourth-order valence-electron chi connectivity index (χ4n) is 2.37. The van der Waals surface area contributed by atoms with Gasteiger partial charge in [0, 0.05) is 17.8 Å². The molecule has 1 aliphatic rings. The van der Waals surface area contributed by atoms with Crippen LogP contribution in [-0.4, -0.2) is 17.9 Å². The summed E-state index contributed by atoms with van der Waals surface area (Å²) in [5, 5.41) is 2.07. The molecule has 1 aromatic heterocycles. The summed E-state index contributed by atoms with van der Waals surface area (Å²) in [7, 11) is 1.94. The SMILES string of the molecule is C[C@H](c1cccs1)N(C)C(=O)C1CCCC1. The molecule has 0 aliphatic heterocycles. The van der Waals surface area contributed by atoms with Gasteiger partial charge in [-0.3, -0.25) is 4.79 Å². The number of thiophene rings is 1. The minimum absolute atomic E-state index is 0.216. The van der Waals surface area contributed by atoms with Gasteiger partial charge in [0.05, 0.1) is 6.04 Å². The quantitative estimate of drug-likeness (QED) is 0.788. The summed E-state index contributed by atoms with van der Waals surface area (Å²) in [5.74, 6) is 0.616. The van der Waals surface area contributed by atoms with Crippen LogP contribution in [0.15, 0.2) is 17.5 Å². The lowest BCUT2D eigenvalue weighted by Crippen LogP contribution is -2.33. The molecule has 0 saturated heterocycles. The maximum absolute atomic E-state index is 12.2. The van der Waals surface area contributed by atoms with Crippen LogP contribution < -0.4 is 0 Å². The van der Waals surface area contributed by atoms with Crippen LogP contribution in [0.1, 0.15) is 43.5 Å². The van der Waals surface area contributed by atoms with E-state index in [4.69, 9.17) is 0 Å². The van der Waals surface area contributed by atoms with E-state index in [0.717, 1.165) is 12.8 Å². The number of carbonyl (C=O) groups excluding carboxylic acids is 1. The van der Waals surface area contributed by atoms with Gasteiger partial charge in [0.2, 0.25) is 5.91 Å². The molecule has 1 aliphatic carbocycles. The van der Waals surface area contributed by atoms with Gasteiger partial charge in [-0.15, -0.1) is 11.3 Å². The summed E-state index contributed by atoms with van der Waals surface area (Å²) in [5.41, 5.74) is 0. The Hall–Kier alpha value is -0.830. The highest BCUT2D eigenvalue weighted by molar-refractivity contribution is 7.10. The number of rotatable bonds is 3. The van der Waals surface area contributed by atoms with E-state index in [9.17, 15) is 4.79 Å². The van der Waals surface area contributed by atoms with Crippen LogP contribution in [0.5, 0.6) is 0 Å². The Bertz CT molecular complexity index is 341. The van der Waals surface area contributed by atoms with Crippen LogP contribution >= 0.6 is 11.3 Å². The maximum atomic E-state index is 12.2. The van der Waals surface area contributed by atoms with E-state index in [0.29, 0.717) is 5.91 Å². The molecule has 1 aromatic rings. The average Bonchev–Trinajstić information content (AvgIpc) is 2.97. The van der Waals surface area contributed by atoms with Gasteiger partial charge >= 0.3 is 0 Å². The molecule has 0 N–H and O–H groups in total. The molecule has 1 saturated carbocycles. The second-order valence-electron chi connectivity index (χ2n) is 4.62. The van der Waals surface area contributed by atoms with Crippen LogP contribution in [-0.2, 0) is 4.79 Å². The molecule has 3 heteroatoms. The van der Waals surface area contributed by atoms with Crippen molar-refractivity contribution in [2.75, 3.05) is 7.05 Å². The normalized spacial score (nSPS) is 18.6. The first-order valence-corrected chi connectivity index (χ1v) is 6.88. The van der Waals surface area contributed by atoms with Crippen molar-refractivity contribution in [2.24, 2.45) is 5.92 Å². The Balaban J connectivity index is 2.01. The van der Waals surface area contributed by atoms with Gasteiger partial charge in [0.25, 0.3) is 0 Å². The number of hydrogen-bond donors (Lipinski definition) is 0. The van der Waals surface area contributed by atoms with E-state index >= 15 is 0 Å². The number of nitrogens with zero attached hydrogens (tertiary/aromatic N) is 1. The lowest BCUT2D eigenvalue weighted by atomic mass is 10.1. The zero-order valence-electron chi connectivity index (χ0n) is 9.98. The second kappa shape index (κ2) is 5.00. The van der Waals surface area contributed by atoms with E-state index in [1.54, 1.807) is 11.3 Å². The molecular formula is C13H19NOS. The smallest absolute Gasteiger partial charge is 0.225 e. The molecule has 1 heterocycles. The number of amides is 1. The van der Waals surface area contributed by atoms with Gasteiger partial charge in [-0.1, -0.05) is 18.9 Å². The van der Waals surface area contributed by atoms with Crippen molar-refractivity contribution >= 4 is 17.2 Å². The van der Waals surface area contributed by atoms with Crippen molar-refractivity contribution in [3.8, 4) is 0 Å². The van der Waals surface area contributed by atoms with Gasteiger partial charge in [-0.25, -0.2) is 0 Å². The monoisotopic (exact) mass is 237 g/mol. The zero-order chi connectivity index (χ0) is 11.5. The van der Waals surface area contributed by atoms with Crippen LogP contribution in [0.3, 0.4) is 0 Å². The molecule has 0 spiro atoms. The van der Waals surface area contributed by atoms with Crippen molar-refractivity contribution in [2.45, 2.75) is 38.6 Å². The summed E-state index contributed by atoms with van der Waals surface area (Å²) in [6.07, 6.45) is 4.61. The maximum Gasteiger partial charge on any atom is 0.225 e. The molecule has 0 radical (unpaired) electrons. The standard InChI is InChI=1S/C13H19NOS/c1-10(12-8-5-9-16-12)14(2)13(15)11-6-3-4-7-11/h5,8-11H,3-4,6-7H2,1-2H3/t10-/m1/s1. The highest BCUT2D eigenvalue weighted by Crippen LogP contribution is 2.30. The Morgan fingerprint density at radius 1 is 1.50 bits per heavy atom. The fourth-order valence-corrected chi connectivity index (χ4v) is 3.20. The van der Waals surface area contributed by atoms with Gasteiger partial charge < -0.3 is 4.90 Å². The molecule has 1 amide bonds. The van der Waals surface area contributed by atoms with Crippen LogP contribution in [0, 0.1) is 5.92 Å². The Morgan fingerprint density at radius 3 is 2.75 bits per heavy atom. The topological polar surface area (TPSA) is 20.3 Å². The molecule has 1 atom stereocenters. The first-order chi connectivity index (χ1) is 7.70. The molecule has 0 unspecified atom stereocenters. The molecule has 2 nitrogen and oxygen atoms in total. The highest BCUT2D eigenvalue weighted by Gasteiger charge is 2.28. The van der Waals surface area contributed by atoms with E-state index in [1.807, 2.05) is 18.0 Å². The minimum atomic E-state index is 0.216. The predicted molar refractivity (Wildman–Crippen MR) is 67.5 cm³/mol. The first kappa shape index (κ1) is 11.6. The van der Waals surface area contributed by atoms with E-state index in [2.05, 4.69) is 18.4 Å². The molecule has 1 fully saturated rings. The summed E-state index contributed by atoms with van der Waals surface area (Å²) in [6.45, 7) is 2.11. The van der Waals surface area contributed by atoms with Crippen molar-refractivity contribution < 1.29 is 4.79 Å². The van der Waals surface area contributed by atoms with Crippen LogP contribution in [0.2, 0.25) is 0 Å². The third-order valence-corrected chi connectivity index (χ3v) is 4.63. The highest BCUT2D eigenvalue weighted by atomic mass is 32.1. The molecule has 0 aromatic carbocycles. The minimum Gasteiger partial charge on any atom is -0.338 e. The first-order valence-electron chi connectivity index (χ1n) is 6.00. The Kier molecular flexibility index (Phi) is 3.64. The molecule has 2 rings (SSSR count). The van der Waals surface area contributed by atoms with Crippen molar-refractivity contribution in [3.05, 3.63) is 22.4 Å². The van der Waals surface area contributed by atoms with E-state index in [-0.39, 0.29) is 12.0 Å². The Labute approximate surface area is 101 Å². The summed E-state index contributed by atoms with van der Waals surface area (Å²) >= 11 is 1.73. The third-order valence-electron chi connectivity index (χ3n) is 3.59. The summed E-state index contributed by atoms with van der Waals surface area (Å²) < 4.78 is 0. The second-order valence-corrected chi connectivity index (χ2v) is 5.60. The van der Waals surface area contributed by atoms with E-state index < -0.39 is 0 Å². The molecule has 0 bridgehead atoms. The van der Waals surface area contributed by atoms with E-state index in [1.165, 1.54) is 17.7 Å². The number of hydrogen-bond acceptors (Lipinski definition) is 2. The van der Waals surface area contributed by atoms with Crippen molar-refractivity contribution in [1.82, 2.24) is 4.90 Å². The molecule has 88 valence electrons. The Morgan fingerprint density at radius 2 is 2.19 bits per heavy atom. The van der Waals surface area contributed by atoms with Crippen LogP contribution in [0.4, 0.5) is 0 Å². The summed E-state index contributed by atoms with van der Waals surface area (Å²) in [6, 6.07) is 4.37. The fraction of sp³-hybridized carbons (Fsp3) is 0.615. The van der Waals surface area contributed by atoms with Crippen molar-refractivity contribution in [1.29, 1.82) is 0 Å². The lowest BCUT2D eigenvalue weighted by Gasteiger charge is -2.26. The average molecular weight is 237 g/mol. The molecule has 16 heavy (non-hydrogen) atoms. The van der Waals surface area contributed by atoms with Crippen LogP contribution in [0.25, 0.3) is 0 Å². The van der Waals surface area contributed by atoms with Gasteiger partial charge in [0.15, 0.2) is 0 Å². The van der Waals surface area contributed by atoms with Crippen molar-refractivity contribution in [3.63, 3.8) is 0 Å². The lowest BCUT2D eigenvalue weighted by molar-refractivity contribution is -0.135. The predicted octanol–water partition coefficient (Wildman–Crippen LogP) is 3.46. The number of carbonyl (C=O) groups is 1. The summed E-state index contributed by atoms with van der Waals surface area (Å²) in [4.78, 5) is 15.4. The molecular weight excluding hydrogens is 218 g/mol. The third kappa shape index (κ3) is 2.29.